The molecule has 0 saturated heterocycles. The summed E-state index contributed by atoms with van der Waals surface area (Å²) in [7, 11) is 0. The molecule has 1 heterocycles. The van der Waals surface area contributed by atoms with E-state index in [1.165, 1.54) is 0 Å². The Kier molecular flexibility index (Phi) is 4.80. The van der Waals surface area contributed by atoms with Crippen molar-refractivity contribution in [3.63, 3.8) is 0 Å². The van der Waals surface area contributed by atoms with Gasteiger partial charge in [0.1, 0.15) is 6.10 Å². The van der Waals surface area contributed by atoms with Crippen LogP contribution in [0.1, 0.15) is 31.9 Å². The van der Waals surface area contributed by atoms with Crippen LogP contribution in [0.15, 0.2) is 29.4 Å². The predicted molar refractivity (Wildman–Crippen MR) is 76.5 cm³/mol. The van der Waals surface area contributed by atoms with Crippen LogP contribution in [-0.2, 0) is 4.84 Å². The van der Waals surface area contributed by atoms with Crippen LogP contribution < -0.4 is 5.32 Å². The molecule has 0 aliphatic carbocycles. The first kappa shape index (κ1) is 14.3. The minimum absolute atomic E-state index is 0.124. The third-order valence-electron chi connectivity index (χ3n) is 3.04. The number of halogens is 1. The van der Waals surface area contributed by atoms with Crippen LogP contribution in [0, 0.1) is 0 Å². The van der Waals surface area contributed by atoms with Crippen molar-refractivity contribution in [3.8, 4) is 0 Å². The highest BCUT2D eigenvalue weighted by molar-refractivity contribution is 6.30. The van der Waals surface area contributed by atoms with Crippen LogP contribution in [0.4, 0.5) is 0 Å². The molecule has 2 rings (SSSR count). The number of hydrogen-bond acceptors (Lipinski definition) is 4. The quantitative estimate of drug-likeness (QED) is 0.872. The molecule has 2 N–H and O–H groups in total. The molecule has 4 nitrogen and oxygen atoms in total. The Morgan fingerprint density at radius 1 is 1.42 bits per heavy atom. The number of aliphatic hydroxyl groups excluding tert-OH is 1. The summed E-state index contributed by atoms with van der Waals surface area (Å²) in [6.45, 7) is 4.57. The third kappa shape index (κ3) is 3.93. The highest BCUT2D eigenvalue weighted by atomic mass is 35.5. The average molecular weight is 283 g/mol. The molecule has 5 heteroatoms. The van der Waals surface area contributed by atoms with Gasteiger partial charge in [0.2, 0.25) is 0 Å². The van der Waals surface area contributed by atoms with Crippen molar-refractivity contribution in [3.05, 3.63) is 34.9 Å². The van der Waals surface area contributed by atoms with Crippen molar-refractivity contribution in [1.29, 1.82) is 0 Å². The van der Waals surface area contributed by atoms with Crippen molar-refractivity contribution in [2.75, 3.05) is 6.54 Å². The van der Waals surface area contributed by atoms with Gasteiger partial charge in [0.15, 0.2) is 6.10 Å². The zero-order chi connectivity index (χ0) is 13.8. The summed E-state index contributed by atoms with van der Waals surface area (Å²) in [5.74, 6) is 0. The maximum absolute atomic E-state index is 10.0. The van der Waals surface area contributed by atoms with E-state index in [1.54, 1.807) is 0 Å². The lowest BCUT2D eigenvalue weighted by molar-refractivity contribution is 0.0855. The minimum Gasteiger partial charge on any atom is -0.387 e. The summed E-state index contributed by atoms with van der Waals surface area (Å²) in [4.78, 5) is 5.38. The molecule has 0 spiro atoms. The first-order chi connectivity index (χ1) is 9.06. The fraction of sp³-hybridized carbons (Fsp3) is 0.500. The third-order valence-corrected chi connectivity index (χ3v) is 3.29. The SMILES string of the molecule is CC(C)NC[C@@H](O)C1=NO[C@@H](c2ccc(Cl)cc2)C1. The lowest BCUT2D eigenvalue weighted by atomic mass is 10.0. The van der Waals surface area contributed by atoms with E-state index in [0.717, 1.165) is 5.56 Å². The van der Waals surface area contributed by atoms with Crippen LogP contribution in [0.3, 0.4) is 0 Å². The van der Waals surface area contributed by atoms with E-state index in [-0.39, 0.29) is 6.10 Å². The van der Waals surface area contributed by atoms with Crippen molar-refractivity contribution < 1.29 is 9.94 Å². The number of benzene rings is 1. The lowest BCUT2D eigenvalue weighted by Gasteiger charge is -2.13. The zero-order valence-electron chi connectivity index (χ0n) is 11.1. The number of rotatable bonds is 5. The molecule has 1 aliphatic rings. The Hall–Kier alpha value is -1.10. The number of oxime groups is 1. The fourth-order valence-electron chi connectivity index (χ4n) is 1.91. The van der Waals surface area contributed by atoms with E-state index in [0.29, 0.717) is 29.7 Å². The summed E-state index contributed by atoms with van der Waals surface area (Å²) >= 11 is 5.85. The Morgan fingerprint density at radius 2 is 2.11 bits per heavy atom. The van der Waals surface area contributed by atoms with Crippen LogP contribution in [-0.4, -0.2) is 29.5 Å². The first-order valence-electron chi connectivity index (χ1n) is 6.45. The van der Waals surface area contributed by atoms with Crippen molar-refractivity contribution in [2.45, 2.75) is 38.5 Å². The van der Waals surface area contributed by atoms with Gasteiger partial charge in [-0.2, -0.15) is 0 Å². The Labute approximate surface area is 118 Å². The average Bonchev–Trinajstić information content (AvgIpc) is 2.86. The predicted octanol–water partition coefficient (Wildman–Crippen LogP) is 2.52. The van der Waals surface area contributed by atoms with Gasteiger partial charge >= 0.3 is 0 Å². The molecule has 1 aliphatic heterocycles. The molecule has 1 aromatic rings. The summed E-state index contributed by atoms with van der Waals surface area (Å²) in [6, 6.07) is 7.84. The molecule has 104 valence electrons. The van der Waals surface area contributed by atoms with Gasteiger partial charge in [-0.3, -0.25) is 0 Å². The van der Waals surface area contributed by atoms with Crippen LogP contribution in [0.5, 0.6) is 0 Å². The lowest BCUT2D eigenvalue weighted by Crippen LogP contribution is -2.36. The Bertz CT molecular complexity index is 445. The van der Waals surface area contributed by atoms with Crippen LogP contribution in [0.2, 0.25) is 5.02 Å². The molecule has 0 saturated carbocycles. The summed E-state index contributed by atoms with van der Waals surface area (Å²) in [5, 5.41) is 17.9. The molecule has 0 fully saturated rings. The normalized spacial score (nSPS) is 20.3. The van der Waals surface area contributed by atoms with E-state index >= 15 is 0 Å². The fourth-order valence-corrected chi connectivity index (χ4v) is 2.04. The molecule has 2 atom stereocenters. The second-order valence-corrected chi connectivity index (χ2v) is 5.45. The molecule has 1 aromatic carbocycles. The van der Waals surface area contributed by atoms with Crippen molar-refractivity contribution in [1.82, 2.24) is 5.32 Å². The van der Waals surface area contributed by atoms with E-state index in [1.807, 2.05) is 38.1 Å². The van der Waals surface area contributed by atoms with Gasteiger partial charge in [-0.1, -0.05) is 42.7 Å². The van der Waals surface area contributed by atoms with Crippen LogP contribution >= 0.6 is 11.6 Å². The van der Waals surface area contributed by atoms with Gasteiger partial charge in [0.05, 0.1) is 5.71 Å². The summed E-state index contributed by atoms with van der Waals surface area (Å²) in [5.41, 5.74) is 1.71. The zero-order valence-corrected chi connectivity index (χ0v) is 11.9. The number of nitrogens with zero attached hydrogens (tertiary/aromatic N) is 1. The van der Waals surface area contributed by atoms with E-state index in [9.17, 15) is 5.11 Å². The molecule has 0 amide bonds. The maximum Gasteiger partial charge on any atom is 0.158 e. The van der Waals surface area contributed by atoms with Crippen molar-refractivity contribution in [2.24, 2.45) is 5.16 Å². The minimum atomic E-state index is -0.597. The number of aliphatic hydroxyl groups is 1. The van der Waals surface area contributed by atoms with E-state index < -0.39 is 6.10 Å². The molecular weight excluding hydrogens is 264 g/mol. The highest BCUT2D eigenvalue weighted by Crippen LogP contribution is 2.28. The molecule has 0 bridgehead atoms. The monoisotopic (exact) mass is 282 g/mol. The van der Waals surface area contributed by atoms with E-state index in [4.69, 9.17) is 16.4 Å². The Morgan fingerprint density at radius 3 is 2.74 bits per heavy atom. The first-order valence-corrected chi connectivity index (χ1v) is 6.83. The number of hydrogen-bond donors (Lipinski definition) is 2. The summed E-state index contributed by atoms with van der Waals surface area (Å²) in [6.07, 6.45) is -0.108. The van der Waals surface area contributed by atoms with Gasteiger partial charge in [0, 0.05) is 24.0 Å². The van der Waals surface area contributed by atoms with Gasteiger partial charge in [-0.15, -0.1) is 0 Å². The second-order valence-electron chi connectivity index (χ2n) is 5.01. The summed E-state index contributed by atoms with van der Waals surface area (Å²) < 4.78 is 0. The molecule has 0 radical (unpaired) electrons. The molecule has 19 heavy (non-hydrogen) atoms. The van der Waals surface area contributed by atoms with Gasteiger partial charge in [0.25, 0.3) is 0 Å². The molecule has 0 unspecified atom stereocenters. The smallest absolute Gasteiger partial charge is 0.158 e. The molecular formula is C14H19ClN2O2. The van der Waals surface area contributed by atoms with Crippen LogP contribution in [0.25, 0.3) is 0 Å². The van der Waals surface area contributed by atoms with E-state index in [2.05, 4.69) is 10.5 Å². The molecule has 0 aromatic heterocycles. The van der Waals surface area contributed by atoms with Gasteiger partial charge < -0.3 is 15.3 Å². The highest BCUT2D eigenvalue weighted by Gasteiger charge is 2.27. The van der Waals surface area contributed by atoms with Crippen molar-refractivity contribution >= 4 is 17.3 Å². The largest absolute Gasteiger partial charge is 0.387 e. The standard InChI is InChI=1S/C14H19ClN2O2/c1-9(2)16-8-13(18)12-7-14(19-17-12)10-3-5-11(15)6-4-10/h3-6,9,13-14,16,18H,7-8H2,1-2H3/t13-,14-/m1/s1. The topological polar surface area (TPSA) is 53.8 Å². The Balaban J connectivity index is 1.89. The van der Waals surface area contributed by atoms with Gasteiger partial charge in [-0.25, -0.2) is 0 Å². The number of nitrogens with one attached hydrogen (secondary N) is 1. The second kappa shape index (κ2) is 6.37. The maximum atomic E-state index is 10.0. The van der Waals surface area contributed by atoms with Gasteiger partial charge in [-0.05, 0) is 17.7 Å².